The first-order valence-corrected chi connectivity index (χ1v) is 7.35. The topological polar surface area (TPSA) is 75.4 Å². The number of nitrogens with one attached hydrogen (secondary N) is 1. The molecular formula is C12H21N3O2S. The summed E-state index contributed by atoms with van der Waals surface area (Å²) >= 11 is 0. The van der Waals surface area contributed by atoms with Gasteiger partial charge in [-0.3, -0.25) is 5.84 Å². The summed E-state index contributed by atoms with van der Waals surface area (Å²) in [6, 6.07) is 6.62. The predicted octanol–water partition coefficient (Wildman–Crippen LogP) is 1.64. The number of anilines is 1. The van der Waals surface area contributed by atoms with Crippen molar-refractivity contribution in [3.8, 4) is 0 Å². The van der Waals surface area contributed by atoms with E-state index in [2.05, 4.69) is 19.3 Å². The van der Waals surface area contributed by atoms with Gasteiger partial charge < -0.3 is 5.43 Å². The van der Waals surface area contributed by atoms with Crippen molar-refractivity contribution in [2.24, 2.45) is 11.8 Å². The molecule has 0 atom stereocenters. The Kier molecular flexibility index (Phi) is 5.13. The van der Waals surface area contributed by atoms with Crippen molar-refractivity contribution in [3.63, 3.8) is 0 Å². The zero-order chi connectivity index (χ0) is 13.8. The summed E-state index contributed by atoms with van der Waals surface area (Å²) in [4.78, 5) is 0.207. The van der Waals surface area contributed by atoms with E-state index in [0.717, 1.165) is 6.42 Å². The molecule has 0 spiro atoms. The number of sulfonamides is 1. The second kappa shape index (κ2) is 6.17. The SMILES string of the molecule is CC(C)CCN(C)S(=O)(=O)c1ccccc1NN. The van der Waals surface area contributed by atoms with Crippen molar-refractivity contribution < 1.29 is 8.42 Å². The Hall–Kier alpha value is -1.11. The van der Waals surface area contributed by atoms with Gasteiger partial charge in [-0.1, -0.05) is 26.0 Å². The lowest BCUT2D eigenvalue weighted by Crippen LogP contribution is -2.29. The first-order chi connectivity index (χ1) is 8.39. The molecule has 0 aliphatic rings. The predicted molar refractivity (Wildman–Crippen MR) is 73.5 cm³/mol. The highest BCUT2D eigenvalue weighted by atomic mass is 32.2. The number of rotatable bonds is 6. The fraction of sp³-hybridized carbons (Fsp3) is 0.500. The van der Waals surface area contributed by atoms with Gasteiger partial charge in [0.1, 0.15) is 4.90 Å². The van der Waals surface area contributed by atoms with Gasteiger partial charge in [-0.05, 0) is 24.5 Å². The Bertz CT molecular complexity index is 486. The molecule has 102 valence electrons. The molecule has 3 N–H and O–H groups in total. The Morgan fingerprint density at radius 2 is 1.94 bits per heavy atom. The third kappa shape index (κ3) is 3.44. The van der Waals surface area contributed by atoms with Gasteiger partial charge >= 0.3 is 0 Å². The standard InChI is InChI=1S/C12H21N3O2S/c1-10(2)8-9-15(3)18(16,17)12-7-5-4-6-11(12)14-13/h4-7,10,14H,8-9,13H2,1-3H3. The van der Waals surface area contributed by atoms with Crippen molar-refractivity contribution >= 4 is 15.7 Å². The molecule has 0 amide bonds. The van der Waals surface area contributed by atoms with Gasteiger partial charge in [0.05, 0.1) is 5.69 Å². The summed E-state index contributed by atoms with van der Waals surface area (Å²) in [5.74, 6) is 5.80. The molecule has 0 saturated carbocycles. The summed E-state index contributed by atoms with van der Waals surface area (Å²) in [6.45, 7) is 4.63. The second-order valence-corrected chi connectivity index (χ2v) is 6.66. The zero-order valence-electron chi connectivity index (χ0n) is 11.1. The largest absolute Gasteiger partial charge is 0.323 e. The molecule has 6 heteroatoms. The van der Waals surface area contributed by atoms with Crippen molar-refractivity contribution in [3.05, 3.63) is 24.3 Å². The fourth-order valence-corrected chi connectivity index (χ4v) is 2.88. The summed E-state index contributed by atoms with van der Waals surface area (Å²) in [6.07, 6.45) is 0.827. The van der Waals surface area contributed by atoms with Crippen LogP contribution in [0.3, 0.4) is 0 Å². The molecule has 0 saturated heterocycles. The lowest BCUT2D eigenvalue weighted by atomic mass is 10.1. The van der Waals surface area contributed by atoms with E-state index in [4.69, 9.17) is 5.84 Å². The molecule has 0 heterocycles. The molecule has 1 aromatic rings. The first-order valence-electron chi connectivity index (χ1n) is 5.91. The number of nitrogen functional groups attached to an aromatic ring is 1. The number of hydrogen-bond donors (Lipinski definition) is 2. The van der Waals surface area contributed by atoms with Crippen LogP contribution in [0.2, 0.25) is 0 Å². The van der Waals surface area contributed by atoms with Crippen molar-refractivity contribution in [1.29, 1.82) is 0 Å². The highest BCUT2D eigenvalue weighted by molar-refractivity contribution is 7.89. The molecule has 1 rings (SSSR count). The van der Waals surface area contributed by atoms with Gasteiger partial charge in [0.15, 0.2) is 0 Å². The lowest BCUT2D eigenvalue weighted by molar-refractivity contribution is 0.428. The normalized spacial score (nSPS) is 12.1. The zero-order valence-corrected chi connectivity index (χ0v) is 11.9. The van der Waals surface area contributed by atoms with Gasteiger partial charge in [-0.2, -0.15) is 0 Å². The maximum absolute atomic E-state index is 12.4. The number of nitrogens with zero attached hydrogens (tertiary/aromatic N) is 1. The maximum atomic E-state index is 12.4. The van der Waals surface area contributed by atoms with Gasteiger partial charge in [-0.25, -0.2) is 12.7 Å². The minimum absolute atomic E-state index is 0.207. The molecule has 0 aliphatic carbocycles. The number of benzene rings is 1. The fourth-order valence-electron chi connectivity index (χ4n) is 1.54. The van der Waals surface area contributed by atoms with Crippen LogP contribution < -0.4 is 11.3 Å². The maximum Gasteiger partial charge on any atom is 0.244 e. The van der Waals surface area contributed by atoms with Crippen molar-refractivity contribution in [2.75, 3.05) is 19.0 Å². The average Bonchev–Trinajstić information content (AvgIpc) is 2.35. The van der Waals surface area contributed by atoms with Gasteiger partial charge in [0.2, 0.25) is 10.0 Å². The summed E-state index contributed by atoms with van der Waals surface area (Å²) in [7, 11) is -1.90. The van der Waals surface area contributed by atoms with Crippen LogP contribution >= 0.6 is 0 Å². The Morgan fingerprint density at radius 3 is 2.50 bits per heavy atom. The highest BCUT2D eigenvalue weighted by Crippen LogP contribution is 2.23. The van der Waals surface area contributed by atoms with Crippen LogP contribution in [0.5, 0.6) is 0 Å². The third-order valence-corrected chi connectivity index (χ3v) is 4.67. The van der Waals surface area contributed by atoms with Gasteiger partial charge in [-0.15, -0.1) is 0 Å². The highest BCUT2D eigenvalue weighted by Gasteiger charge is 2.23. The van der Waals surface area contributed by atoms with Crippen LogP contribution in [-0.4, -0.2) is 26.3 Å². The molecule has 0 unspecified atom stereocenters. The molecule has 0 fully saturated rings. The Morgan fingerprint density at radius 1 is 1.33 bits per heavy atom. The summed E-state index contributed by atoms with van der Waals surface area (Å²) < 4.78 is 26.1. The molecule has 0 radical (unpaired) electrons. The van der Waals surface area contributed by atoms with E-state index in [1.54, 1.807) is 31.3 Å². The molecule has 0 aliphatic heterocycles. The molecule has 0 aromatic heterocycles. The van der Waals surface area contributed by atoms with Gasteiger partial charge in [0.25, 0.3) is 0 Å². The Balaban J connectivity index is 2.98. The van der Waals surface area contributed by atoms with E-state index in [1.807, 2.05) is 0 Å². The lowest BCUT2D eigenvalue weighted by Gasteiger charge is -2.19. The smallest absolute Gasteiger partial charge is 0.244 e. The number of nitrogens with two attached hydrogens (primary N) is 1. The van der Waals surface area contributed by atoms with Crippen LogP contribution in [0, 0.1) is 5.92 Å². The van der Waals surface area contributed by atoms with Crippen LogP contribution in [0.4, 0.5) is 5.69 Å². The molecule has 5 nitrogen and oxygen atoms in total. The van der Waals surface area contributed by atoms with E-state index in [-0.39, 0.29) is 4.90 Å². The minimum Gasteiger partial charge on any atom is -0.323 e. The second-order valence-electron chi connectivity index (χ2n) is 4.65. The van der Waals surface area contributed by atoms with E-state index >= 15 is 0 Å². The van der Waals surface area contributed by atoms with Crippen LogP contribution in [0.25, 0.3) is 0 Å². The number of hydrogen-bond acceptors (Lipinski definition) is 4. The van der Waals surface area contributed by atoms with Crippen LogP contribution in [0.1, 0.15) is 20.3 Å². The van der Waals surface area contributed by atoms with Crippen molar-refractivity contribution in [2.45, 2.75) is 25.2 Å². The third-order valence-electron chi connectivity index (χ3n) is 2.75. The summed E-state index contributed by atoms with van der Waals surface area (Å²) in [5, 5.41) is 0. The summed E-state index contributed by atoms with van der Waals surface area (Å²) in [5.41, 5.74) is 2.83. The Labute approximate surface area is 109 Å². The molecule has 1 aromatic carbocycles. The van der Waals surface area contributed by atoms with Crippen LogP contribution in [0.15, 0.2) is 29.2 Å². The average molecular weight is 271 g/mol. The molecule has 0 bridgehead atoms. The van der Waals surface area contributed by atoms with Crippen LogP contribution in [-0.2, 0) is 10.0 Å². The first kappa shape index (κ1) is 14.9. The van der Waals surface area contributed by atoms with Crippen molar-refractivity contribution in [1.82, 2.24) is 4.31 Å². The minimum atomic E-state index is -3.49. The molecule has 18 heavy (non-hydrogen) atoms. The van der Waals surface area contributed by atoms with E-state index in [0.29, 0.717) is 18.2 Å². The quantitative estimate of drug-likeness (QED) is 0.609. The number of para-hydroxylation sites is 1. The van der Waals surface area contributed by atoms with E-state index in [9.17, 15) is 8.42 Å². The van der Waals surface area contributed by atoms with E-state index < -0.39 is 10.0 Å². The number of hydrazine groups is 1. The van der Waals surface area contributed by atoms with E-state index in [1.165, 1.54) is 4.31 Å². The molecular weight excluding hydrogens is 250 g/mol. The van der Waals surface area contributed by atoms with Gasteiger partial charge in [0, 0.05) is 13.6 Å². The monoisotopic (exact) mass is 271 g/mol.